The van der Waals surface area contributed by atoms with E-state index in [2.05, 4.69) is 47.2 Å². The van der Waals surface area contributed by atoms with Crippen molar-refractivity contribution in [2.75, 3.05) is 5.32 Å². The number of rotatable bonds is 5. The molecule has 1 N–H and O–H groups in total. The van der Waals surface area contributed by atoms with Crippen LogP contribution < -0.4 is 5.32 Å². The minimum atomic E-state index is 0.596. The highest BCUT2D eigenvalue weighted by molar-refractivity contribution is 7.80. The molecule has 4 nitrogen and oxygen atoms in total. The van der Waals surface area contributed by atoms with Crippen molar-refractivity contribution in [2.45, 2.75) is 26.9 Å². The van der Waals surface area contributed by atoms with Crippen LogP contribution in [-0.2, 0) is 13.1 Å². The van der Waals surface area contributed by atoms with Gasteiger partial charge in [0.1, 0.15) is 5.76 Å². The van der Waals surface area contributed by atoms with Gasteiger partial charge in [-0.05, 0) is 61.0 Å². The molecule has 0 saturated heterocycles. The predicted octanol–water partition coefficient (Wildman–Crippen LogP) is 4.69. The largest absolute Gasteiger partial charge is 0.467 e. The molecule has 2 heterocycles. The predicted molar refractivity (Wildman–Crippen MR) is 104 cm³/mol. The fourth-order valence-corrected chi connectivity index (χ4v) is 2.93. The smallest absolute Gasteiger partial charge is 0.174 e. The molecule has 0 saturated carbocycles. The van der Waals surface area contributed by atoms with E-state index in [0.717, 1.165) is 17.0 Å². The molecule has 1 aromatic carbocycles. The maximum absolute atomic E-state index is 5.70. The lowest BCUT2D eigenvalue weighted by molar-refractivity contribution is 0.360. The van der Waals surface area contributed by atoms with E-state index < -0.39 is 0 Å². The van der Waals surface area contributed by atoms with Crippen molar-refractivity contribution in [3.05, 3.63) is 83.6 Å². The first-order valence-electron chi connectivity index (χ1n) is 8.17. The molecule has 128 valence electrons. The van der Waals surface area contributed by atoms with Crippen molar-refractivity contribution < 1.29 is 4.42 Å². The molecule has 3 rings (SSSR count). The van der Waals surface area contributed by atoms with Crippen LogP contribution in [-0.4, -0.2) is 15.0 Å². The van der Waals surface area contributed by atoms with Gasteiger partial charge in [-0.15, -0.1) is 0 Å². The van der Waals surface area contributed by atoms with Crippen LogP contribution >= 0.6 is 12.2 Å². The zero-order valence-corrected chi connectivity index (χ0v) is 15.2. The van der Waals surface area contributed by atoms with Crippen LogP contribution in [0.25, 0.3) is 0 Å². The zero-order valence-electron chi connectivity index (χ0n) is 14.4. The van der Waals surface area contributed by atoms with Gasteiger partial charge in [-0.1, -0.05) is 24.3 Å². The Balaban J connectivity index is 1.81. The van der Waals surface area contributed by atoms with Gasteiger partial charge in [0.05, 0.1) is 12.8 Å². The summed E-state index contributed by atoms with van der Waals surface area (Å²) in [4.78, 5) is 6.27. The van der Waals surface area contributed by atoms with Crippen molar-refractivity contribution in [1.29, 1.82) is 0 Å². The number of anilines is 1. The molecule has 0 atom stereocenters. The standard InChI is InChI=1S/C20H21N3OS/c1-15-6-3-7-16(2)19(15)22-20(25)23(14-18-9-5-11-24-18)13-17-8-4-10-21-12-17/h3-12H,13-14H2,1-2H3,(H,22,25). The Morgan fingerprint density at radius 3 is 2.52 bits per heavy atom. The van der Waals surface area contributed by atoms with Gasteiger partial charge in [-0.3, -0.25) is 4.98 Å². The van der Waals surface area contributed by atoms with Gasteiger partial charge in [0.15, 0.2) is 5.11 Å². The van der Waals surface area contributed by atoms with E-state index in [9.17, 15) is 0 Å². The van der Waals surface area contributed by atoms with Crippen LogP contribution in [0.3, 0.4) is 0 Å². The average molecular weight is 351 g/mol. The van der Waals surface area contributed by atoms with Crippen LogP contribution in [0.1, 0.15) is 22.5 Å². The molecular formula is C20H21N3OS. The molecule has 5 heteroatoms. The third-order valence-electron chi connectivity index (χ3n) is 4.02. The highest BCUT2D eigenvalue weighted by Gasteiger charge is 2.14. The molecule has 0 fully saturated rings. The van der Waals surface area contributed by atoms with Crippen molar-refractivity contribution in [1.82, 2.24) is 9.88 Å². The zero-order chi connectivity index (χ0) is 17.6. The minimum Gasteiger partial charge on any atom is -0.467 e. The Morgan fingerprint density at radius 2 is 1.88 bits per heavy atom. The Kier molecular flexibility index (Phi) is 5.46. The summed E-state index contributed by atoms with van der Waals surface area (Å²) in [6, 6.07) is 14.0. The van der Waals surface area contributed by atoms with Gasteiger partial charge in [0.25, 0.3) is 0 Å². The van der Waals surface area contributed by atoms with E-state index in [1.807, 2.05) is 30.5 Å². The van der Waals surface area contributed by atoms with E-state index in [-0.39, 0.29) is 0 Å². The minimum absolute atomic E-state index is 0.596. The molecule has 0 aliphatic heterocycles. The second-order valence-corrected chi connectivity index (χ2v) is 6.38. The molecule has 0 aliphatic rings. The van der Waals surface area contributed by atoms with E-state index >= 15 is 0 Å². The number of benzene rings is 1. The Bertz CT molecular complexity index is 811. The third-order valence-corrected chi connectivity index (χ3v) is 4.38. The summed E-state index contributed by atoms with van der Waals surface area (Å²) in [6.07, 6.45) is 5.31. The third kappa shape index (κ3) is 4.45. The Labute approximate surface area is 153 Å². The molecule has 0 spiro atoms. The Morgan fingerprint density at radius 1 is 1.08 bits per heavy atom. The number of nitrogens with zero attached hydrogens (tertiary/aromatic N) is 2. The summed E-state index contributed by atoms with van der Waals surface area (Å²) in [5.41, 5.74) is 4.49. The number of pyridine rings is 1. The molecule has 25 heavy (non-hydrogen) atoms. The van der Waals surface area contributed by atoms with E-state index in [0.29, 0.717) is 18.2 Å². The molecule has 0 unspecified atom stereocenters. The summed E-state index contributed by atoms with van der Waals surface area (Å²) in [6.45, 7) is 5.41. The van der Waals surface area contributed by atoms with Crippen LogP contribution in [0.15, 0.2) is 65.5 Å². The van der Waals surface area contributed by atoms with E-state index in [4.69, 9.17) is 16.6 Å². The number of nitrogens with one attached hydrogen (secondary N) is 1. The summed E-state index contributed by atoms with van der Waals surface area (Å²) in [5.74, 6) is 0.870. The van der Waals surface area contributed by atoms with Crippen molar-refractivity contribution in [3.63, 3.8) is 0 Å². The number of aromatic nitrogens is 1. The first-order valence-corrected chi connectivity index (χ1v) is 8.58. The summed E-state index contributed by atoms with van der Waals surface area (Å²) < 4.78 is 5.50. The average Bonchev–Trinajstić information content (AvgIpc) is 3.11. The Hall–Kier alpha value is -2.66. The molecule has 2 aromatic heterocycles. The number of thiocarbonyl (C=S) groups is 1. The number of para-hydroxylation sites is 1. The second kappa shape index (κ2) is 7.94. The van der Waals surface area contributed by atoms with Gasteiger partial charge >= 0.3 is 0 Å². The number of aryl methyl sites for hydroxylation is 2. The van der Waals surface area contributed by atoms with Gasteiger partial charge in [0.2, 0.25) is 0 Å². The maximum Gasteiger partial charge on any atom is 0.174 e. The van der Waals surface area contributed by atoms with E-state index in [1.165, 1.54) is 11.1 Å². The van der Waals surface area contributed by atoms with Crippen LogP contribution in [0.4, 0.5) is 5.69 Å². The lowest BCUT2D eigenvalue weighted by Crippen LogP contribution is -2.34. The van der Waals surface area contributed by atoms with E-state index in [1.54, 1.807) is 12.5 Å². The topological polar surface area (TPSA) is 41.3 Å². The van der Waals surface area contributed by atoms with Gasteiger partial charge in [0, 0.05) is 24.6 Å². The first-order chi connectivity index (χ1) is 12.1. The SMILES string of the molecule is Cc1cccc(C)c1NC(=S)N(Cc1cccnc1)Cc1ccco1. The molecular weight excluding hydrogens is 330 g/mol. The lowest BCUT2D eigenvalue weighted by Gasteiger charge is -2.26. The summed E-state index contributed by atoms with van der Waals surface area (Å²) >= 11 is 5.70. The molecule has 3 aromatic rings. The van der Waals surface area contributed by atoms with Gasteiger partial charge in [-0.25, -0.2) is 0 Å². The first kappa shape index (κ1) is 17.2. The fourth-order valence-electron chi connectivity index (χ4n) is 2.70. The maximum atomic E-state index is 5.70. The molecule has 0 bridgehead atoms. The highest BCUT2D eigenvalue weighted by Crippen LogP contribution is 2.21. The number of hydrogen-bond donors (Lipinski definition) is 1. The molecule has 0 aliphatic carbocycles. The number of hydrogen-bond acceptors (Lipinski definition) is 3. The van der Waals surface area contributed by atoms with Crippen LogP contribution in [0.2, 0.25) is 0 Å². The van der Waals surface area contributed by atoms with Gasteiger partial charge < -0.3 is 14.6 Å². The molecule has 0 radical (unpaired) electrons. The monoisotopic (exact) mass is 351 g/mol. The van der Waals surface area contributed by atoms with Crippen molar-refractivity contribution >= 4 is 23.0 Å². The van der Waals surface area contributed by atoms with Crippen molar-refractivity contribution in [3.8, 4) is 0 Å². The van der Waals surface area contributed by atoms with Crippen molar-refractivity contribution in [2.24, 2.45) is 0 Å². The summed E-state index contributed by atoms with van der Waals surface area (Å²) in [5, 5.41) is 4.07. The molecule has 0 amide bonds. The highest BCUT2D eigenvalue weighted by atomic mass is 32.1. The lowest BCUT2D eigenvalue weighted by atomic mass is 10.1. The normalized spacial score (nSPS) is 10.5. The van der Waals surface area contributed by atoms with Gasteiger partial charge in [-0.2, -0.15) is 0 Å². The second-order valence-electron chi connectivity index (χ2n) is 5.99. The van der Waals surface area contributed by atoms with Crippen LogP contribution in [0, 0.1) is 13.8 Å². The quantitative estimate of drug-likeness (QED) is 0.675. The summed E-state index contributed by atoms with van der Waals surface area (Å²) in [7, 11) is 0. The van der Waals surface area contributed by atoms with Crippen LogP contribution in [0.5, 0.6) is 0 Å². The fraction of sp³-hybridized carbons (Fsp3) is 0.200. The number of furan rings is 1.